The minimum Gasteiger partial charge on any atom is -0.339 e. The molecular weight excluding hydrogens is 419 g/mol. The fourth-order valence-corrected chi connectivity index (χ4v) is 6.05. The minimum absolute atomic E-state index is 0.0511. The van der Waals surface area contributed by atoms with E-state index in [-0.39, 0.29) is 41.3 Å². The Morgan fingerprint density at radius 3 is 2.76 bits per heavy atom. The maximum absolute atomic E-state index is 13.3. The van der Waals surface area contributed by atoms with Crippen molar-refractivity contribution >= 4 is 44.7 Å². The van der Waals surface area contributed by atoms with E-state index in [1.165, 1.54) is 29.2 Å². The normalized spacial score (nSPS) is 22.5. The van der Waals surface area contributed by atoms with Crippen LogP contribution in [0.5, 0.6) is 0 Å². The van der Waals surface area contributed by atoms with Gasteiger partial charge in [0.2, 0.25) is 5.91 Å². The van der Waals surface area contributed by atoms with Crippen molar-refractivity contribution in [3.63, 3.8) is 0 Å². The number of carbonyl (C=O) groups excluding carboxylic acids is 3. The quantitative estimate of drug-likeness (QED) is 0.631. The van der Waals surface area contributed by atoms with E-state index in [1.807, 2.05) is 0 Å². The van der Waals surface area contributed by atoms with E-state index >= 15 is 0 Å². The van der Waals surface area contributed by atoms with Gasteiger partial charge in [-0.15, -0.1) is 0 Å². The molecule has 3 rings (SSSR count). The summed E-state index contributed by atoms with van der Waals surface area (Å²) in [5, 5.41) is -0.489. The van der Waals surface area contributed by atoms with Crippen LogP contribution in [0.1, 0.15) is 25.3 Å². The van der Waals surface area contributed by atoms with Gasteiger partial charge >= 0.3 is 0 Å². The molecular formula is C19H21FN2O5S2. The summed E-state index contributed by atoms with van der Waals surface area (Å²) in [5.41, 5.74) is 0.464. The molecule has 10 heteroatoms. The standard InChI is InChI=1S/C19H21FN2O5S2/c1-2-21(15-7-9-29(26,27)12-15)17(23)6-8-22-18(24)16(28-19(22)25)11-13-4-3-5-14(20)10-13/h3-5,10-11,15H,2,6-9,12H2,1H3/b16-11-/t15-/m1/s1. The summed E-state index contributed by atoms with van der Waals surface area (Å²) in [6, 6.07) is 5.30. The molecule has 0 saturated carbocycles. The molecule has 0 bridgehead atoms. The largest absolute Gasteiger partial charge is 0.339 e. The van der Waals surface area contributed by atoms with Gasteiger partial charge in [-0.25, -0.2) is 12.8 Å². The lowest BCUT2D eigenvalue weighted by atomic mass is 10.2. The number of imide groups is 1. The molecule has 3 amide bonds. The van der Waals surface area contributed by atoms with Crippen LogP contribution in [0.2, 0.25) is 0 Å². The molecule has 1 aromatic carbocycles. The van der Waals surface area contributed by atoms with E-state index in [9.17, 15) is 27.2 Å². The summed E-state index contributed by atoms with van der Waals surface area (Å²) in [4.78, 5) is 40.0. The topological polar surface area (TPSA) is 91.8 Å². The molecule has 2 aliphatic rings. The summed E-state index contributed by atoms with van der Waals surface area (Å²) in [6.45, 7) is 2.05. The van der Waals surface area contributed by atoms with Gasteiger partial charge in [-0.05, 0) is 48.9 Å². The summed E-state index contributed by atoms with van der Waals surface area (Å²) in [7, 11) is -3.12. The number of thioether (sulfide) groups is 1. The Kier molecular flexibility index (Phi) is 6.42. The van der Waals surface area contributed by atoms with E-state index < -0.39 is 26.8 Å². The van der Waals surface area contributed by atoms with E-state index in [1.54, 1.807) is 13.0 Å². The first kappa shape index (κ1) is 21.5. The Morgan fingerprint density at radius 1 is 1.38 bits per heavy atom. The van der Waals surface area contributed by atoms with Gasteiger partial charge < -0.3 is 4.90 Å². The van der Waals surface area contributed by atoms with Gasteiger partial charge in [0.05, 0.1) is 16.4 Å². The minimum atomic E-state index is -3.12. The Labute approximate surface area is 172 Å². The van der Waals surface area contributed by atoms with Gasteiger partial charge in [0.25, 0.3) is 11.1 Å². The fraction of sp³-hybridized carbons (Fsp3) is 0.421. The molecule has 0 N–H and O–H groups in total. The van der Waals surface area contributed by atoms with Crippen molar-refractivity contribution in [3.05, 3.63) is 40.6 Å². The first-order chi connectivity index (χ1) is 13.7. The zero-order valence-electron chi connectivity index (χ0n) is 15.8. The van der Waals surface area contributed by atoms with Crippen molar-refractivity contribution in [2.24, 2.45) is 0 Å². The maximum Gasteiger partial charge on any atom is 0.293 e. The van der Waals surface area contributed by atoms with Crippen LogP contribution in [0.4, 0.5) is 9.18 Å². The highest BCUT2D eigenvalue weighted by Gasteiger charge is 2.37. The van der Waals surface area contributed by atoms with E-state index in [2.05, 4.69) is 0 Å². The van der Waals surface area contributed by atoms with Gasteiger partial charge in [-0.3, -0.25) is 19.3 Å². The van der Waals surface area contributed by atoms with Crippen LogP contribution in [0.3, 0.4) is 0 Å². The van der Waals surface area contributed by atoms with Crippen LogP contribution < -0.4 is 0 Å². The summed E-state index contributed by atoms with van der Waals surface area (Å²) < 4.78 is 36.7. The average molecular weight is 441 g/mol. The third-order valence-electron chi connectivity index (χ3n) is 4.88. The van der Waals surface area contributed by atoms with Crippen molar-refractivity contribution < 1.29 is 27.2 Å². The van der Waals surface area contributed by atoms with Crippen LogP contribution in [-0.4, -0.2) is 65.9 Å². The van der Waals surface area contributed by atoms with Crippen LogP contribution in [-0.2, 0) is 19.4 Å². The van der Waals surface area contributed by atoms with Crippen molar-refractivity contribution in [1.29, 1.82) is 0 Å². The Morgan fingerprint density at radius 2 is 2.14 bits per heavy atom. The molecule has 0 aliphatic carbocycles. The van der Waals surface area contributed by atoms with E-state index in [4.69, 9.17) is 0 Å². The third-order valence-corrected chi connectivity index (χ3v) is 7.54. The zero-order chi connectivity index (χ0) is 21.2. The molecule has 0 radical (unpaired) electrons. The first-order valence-corrected chi connectivity index (χ1v) is 11.8. The molecule has 0 aromatic heterocycles. The van der Waals surface area contributed by atoms with Crippen molar-refractivity contribution in [1.82, 2.24) is 9.80 Å². The second-order valence-corrected chi connectivity index (χ2v) is 10.1. The number of nitrogens with zero attached hydrogens (tertiary/aromatic N) is 2. The first-order valence-electron chi connectivity index (χ1n) is 9.21. The number of halogens is 1. The highest BCUT2D eigenvalue weighted by Crippen LogP contribution is 2.32. The van der Waals surface area contributed by atoms with Gasteiger partial charge in [-0.1, -0.05) is 12.1 Å². The highest BCUT2D eigenvalue weighted by atomic mass is 32.2. The SMILES string of the molecule is CCN(C(=O)CCN1C(=O)S/C(=C\c2cccc(F)c2)C1=O)[C@@H]1CCS(=O)(=O)C1. The zero-order valence-corrected chi connectivity index (χ0v) is 17.5. The molecule has 1 aromatic rings. The Balaban J connectivity index is 1.63. The fourth-order valence-electron chi connectivity index (χ4n) is 3.45. The van der Waals surface area contributed by atoms with Gasteiger partial charge in [0, 0.05) is 25.6 Å². The highest BCUT2D eigenvalue weighted by molar-refractivity contribution is 8.18. The smallest absolute Gasteiger partial charge is 0.293 e. The predicted octanol–water partition coefficient (Wildman–Crippen LogP) is 2.29. The molecule has 156 valence electrons. The number of benzene rings is 1. The number of sulfone groups is 1. The van der Waals surface area contributed by atoms with Gasteiger partial charge in [0.1, 0.15) is 5.82 Å². The monoisotopic (exact) mass is 440 g/mol. The Hall–Kier alpha value is -2.20. The molecule has 2 fully saturated rings. The van der Waals surface area contributed by atoms with Crippen molar-refractivity contribution in [2.75, 3.05) is 24.6 Å². The van der Waals surface area contributed by atoms with Crippen LogP contribution in [0.15, 0.2) is 29.2 Å². The van der Waals surface area contributed by atoms with Gasteiger partial charge in [-0.2, -0.15) is 0 Å². The van der Waals surface area contributed by atoms with Crippen molar-refractivity contribution in [2.45, 2.75) is 25.8 Å². The van der Waals surface area contributed by atoms with Crippen LogP contribution in [0.25, 0.3) is 6.08 Å². The average Bonchev–Trinajstić information content (AvgIpc) is 3.13. The lowest BCUT2D eigenvalue weighted by Crippen LogP contribution is -2.42. The van der Waals surface area contributed by atoms with Crippen LogP contribution in [0, 0.1) is 5.82 Å². The summed E-state index contributed by atoms with van der Waals surface area (Å²) in [6.07, 6.45) is 1.77. The van der Waals surface area contributed by atoms with Crippen LogP contribution >= 0.6 is 11.8 Å². The summed E-state index contributed by atoms with van der Waals surface area (Å²) >= 11 is 0.745. The number of rotatable bonds is 6. The molecule has 7 nitrogen and oxygen atoms in total. The van der Waals surface area contributed by atoms with Crippen molar-refractivity contribution in [3.8, 4) is 0 Å². The maximum atomic E-state index is 13.3. The second-order valence-electron chi connectivity index (χ2n) is 6.87. The molecule has 1 atom stereocenters. The number of hydrogen-bond donors (Lipinski definition) is 0. The molecule has 29 heavy (non-hydrogen) atoms. The molecule has 0 unspecified atom stereocenters. The molecule has 2 aliphatic heterocycles. The lowest BCUT2D eigenvalue weighted by molar-refractivity contribution is -0.133. The number of hydrogen-bond acceptors (Lipinski definition) is 6. The number of amides is 3. The predicted molar refractivity (Wildman–Crippen MR) is 108 cm³/mol. The lowest BCUT2D eigenvalue weighted by Gasteiger charge is -2.27. The molecule has 0 spiro atoms. The Bertz CT molecular complexity index is 977. The van der Waals surface area contributed by atoms with Gasteiger partial charge in [0.15, 0.2) is 9.84 Å². The molecule has 2 heterocycles. The second kappa shape index (κ2) is 8.66. The summed E-state index contributed by atoms with van der Waals surface area (Å²) in [5.74, 6) is -1.25. The van der Waals surface area contributed by atoms with E-state index in [0.717, 1.165) is 16.7 Å². The van der Waals surface area contributed by atoms with E-state index in [0.29, 0.717) is 18.5 Å². The number of carbonyl (C=O) groups is 3. The molecule has 2 saturated heterocycles. The third kappa shape index (κ3) is 5.05.